The molecule has 0 saturated carbocycles. The van der Waals surface area contributed by atoms with Gasteiger partial charge in [0.1, 0.15) is 5.60 Å². The summed E-state index contributed by atoms with van der Waals surface area (Å²) >= 11 is 0. The summed E-state index contributed by atoms with van der Waals surface area (Å²) in [5, 5.41) is 8.85. The molecule has 0 amide bonds. The fourth-order valence-corrected chi connectivity index (χ4v) is 1.87. The summed E-state index contributed by atoms with van der Waals surface area (Å²) in [7, 11) is 0. The van der Waals surface area contributed by atoms with Gasteiger partial charge in [-0.2, -0.15) is 0 Å². The molecule has 0 heterocycles. The van der Waals surface area contributed by atoms with Crippen molar-refractivity contribution in [1.82, 2.24) is 4.90 Å². The van der Waals surface area contributed by atoms with Crippen molar-refractivity contribution in [3.8, 4) is 11.8 Å². The maximum atomic E-state index is 8.85. The lowest BCUT2D eigenvalue weighted by Gasteiger charge is -2.23. The van der Waals surface area contributed by atoms with Crippen LogP contribution in [0.2, 0.25) is 0 Å². The summed E-state index contributed by atoms with van der Waals surface area (Å²) in [6, 6.07) is 0. The van der Waals surface area contributed by atoms with Crippen molar-refractivity contribution >= 4 is 0 Å². The van der Waals surface area contributed by atoms with E-state index in [9.17, 15) is 0 Å². The van der Waals surface area contributed by atoms with Crippen LogP contribution in [0.4, 0.5) is 0 Å². The maximum absolute atomic E-state index is 8.85. The van der Waals surface area contributed by atoms with E-state index in [-0.39, 0.29) is 6.61 Å². The van der Waals surface area contributed by atoms with Gasteiger partial charge in [-0.25, -0.2) is 0 Å². The quantitative estimate of drug-likeness (QED) is 0.592. The van der Waals surface area contributed by atoms with Gasteiger partial charge in [-0.15, -0.1) is 0 Å². The highest BCUT2D eigenvalue weighted by Gasteiger charge is 2.18. The molecule has 0 radical (unpaired) electrons. The van der Waals surface area contributed by atoms with E-state index in [0.717, 1.165) is 26.1 Å². The molecule has 118 valence electrons. The van der Waals surface area contributed by atoms with Crippen LogP contribution in [0.25, 0.3) is 0 Å². The largest absolute Gasteiger partial charge is 0.394 e. The average Bonchev–Trinajstić information content (AvgIpc) is 2.47. The standard InChI is InChI=1S/C17H33NO2/c1-5-8-12-18(13-9-6-2)14-10-11-17(4,7-3)20-16-15-19/h19H,5-9,12-16H2,1-4H3. The van der Waals surface area contributed by atoms with Gasteiger partial charge in [0.05, 0.1) is 19.8 Å². The number of nitrogens with zero attached hydrogens (tertiary/aromatic N) is 1. The topological polar surface area (TPSA) is 32.7 Å². The first-order valence-electron chi connectivity index (χ1n) is 8.09. The van der Waals surface area contributed by atoms with E-state index in [1.54, 1.807) is 0 Å². The van der Waals surface area contributed by atoms with Gasteiger partial charge in [0, 0.05) is 0 Å². The second kappa shape index (κ2) is 12.2. The number of rotatable bonds is 11. The average molecular weight is 283 g/mol. The zero-order chi connectivity index (χ0) is 15.3. The first-order valence-corrected chi connectivity index (χ1v) is 8.09. The van der Waals surface area contributed by atoms with Crippen LogP contribution in [-0.4, -0.2) is 48.5 Å². The van der Waals surface area contributed by atoms with E-state index in [0.29, 0.717) is 6.61 Å². The van der Waals surface area contributed by atoms with Gasteiger partial charge in [-0.3, -0.25) is 4.90 Å². The first-order chi connectivity index (χ1) is 9.61. The van der Waals surface area contributed by atoms with Crippen molar-refractivity contribution in [3.05, 3.63) is 0 Å². The third-order valence-electron chi connectivity index (χ3n) is 3.50. The Balaban J connectivity index is 4.37. The summed E-state index contributed by atoms with van der Waals surface area (Å²) < 4.78 is 5.63. The monoisotopic (exact) mass is 283 g/mol. The maximum Gasteiger partial charge on any atom is 0.125 e. The van der Waals surface area contributed by atoms with Gasteiger partial charge in [-0.1, -0.05) is 45.5 Å². The van der Waals surface area contributed by atoms with Gasteiger partial charge in [0.2, 0.25) is 0 Å². The minimum absolute atomic E-state index is 0.0520. The van der Waals surface area contributed by atoms with Crippen molar-refractivity contribution in [2.24, 2.45) is 0 Å². The highest BCUT2D eigenvalue weighted by atomic mass is 16.5. The number of aliphatic hydroxyl groups excluding tert-OH is 1. The zero-order valence-electron chi connectivity index (χ0n) is 13.9. The van der Waals surface area contributed by atoms with Crippen molar-refractivity contribution < 1.29 is 9.84 Å². The van der Waals surface area contributed by atoms with Crippen LogP contribution < -0.4 is 0 Å². The summed E-state index contributed by atoms with van der Waals surface area (Å²) in [6.07, 6.45) is 5.75. The van der Waals surface area contributed by atoms with Crippen molar-refractivity contribution in [2.75, 3.05) is 32.8 Å². The number of ether oxygens (including phenoxy) is 1. The van der Waals surface area contributed by atoms with Crippen LogP contribution in [0.3, 0.4) is 0 Å². The summed E-state index contributed by atoms with van der Waals surface area (Å²) in [4.78, 5) is 2.43. The van der Waals surface area contributed by atoms with Crippen LogP contribution in [0.5, 0.6) is 0 Å². The Morgan fingerprint density at radius 2 is 1.70 bits per heavy atom. The van der Waals surface area contributed by atoms with Gasteiger partial charge in [-0.05, 0) is 39.3 Å². The summed E-state index contributed by atoms with van der Waals surface area (Å²) in [5.74, 6) is 6.51. The van der Waals surface area contributed by atoms with Crippen LogP contribution in [-0.2, 0) is 4.74 Å². The molecule has 1 atom stereocenters. The molecule has 0 aromatic rings. The Hall–Kier alpha value is -0.560. The summed E-state index contributed by atoms with van der Waals surface area (Å²) in [5.41, 5.74) is -0.427. The number of aliphatic hydroxyl groups is 1. The Kier molecular flexibility index (Phi) is 11.9. The molecule has 3 nitrogen and oxygen atoms in total. The Bertz CT molecular complexity index is 274. The number of hydrogen-bond acceptors (Lipinski definition) is 3. The predicted molar refractivity (Wildman–Crippen MR) is 85.8 cm³/mol. The minimum atomic E-state index is -0.427. The third kappa shape index (κ3) is 9.36. The van der Waals surface area contributed by atoms with Gasteiger partial charge in [0.15, 0.2) is 0 Å². The van der Waals surface area contributed by atoms with Gasteiger partial charge < -0.3 is 9.84 Å². The van der Waals surface area contributed by atoms with Crippen LogP contribution >= 0.6 is 0 Å². The van der Waals surface area contributed by atoms with E-state index in [1.165, 1.54) is 25.7 Å². The first kappa shape index (κ1) is 19.4. The Morgan fingerprint density at radius 3 is 2.15 bits per heavy atom. The number of unbranched alkanes of at least 4 members (excludes halogenated alkanes) is 2. The third-order valence-corrected chi connectivity index (χ3v) is 3.50. The van der Waals surface area contributed by atoms with E-state index in [4.69, 9.17) is 9.84 Å². The lowest BCUT2D eigenvalue weighted by molar-refractivity contribution is -0.00823. The Morgan fingerprint density at radius 1 is 1.10 bits per heavy atom. The molecule has 1 unspecified atom stereocenters. The molecule has 0 saturated heterocycles. The highest BCUT2D eigenvalue weighted by Crippen LogP contribution is 2.13. The fraction of sp³-hybridized carbons (Fsp3) is 0.882. The highest BCUT2D eigenvalue weighted by molar-refractivity contribution is 5.13. The molecule has 0 fully saturated rings. The number of hydrogen-bond donors (Lipinski definition) is 1. The normalized spacial score (nSPS) is 13.9. The predicted octanol–water partition coefficient (Wildman–Crippen LogP) is 3.07. The molecule has 0 spiro atoms. The van der Waals surface area contributed by atoms with Crippen molar-refractivity contribution in [2.45, 2.75) is 65.4 Å². The SMILES string of the molecule is CCCCN(CC#CC(C)(CC)OCCO)CCCC. The van der Waals surface area contributed by atoms with E-state index >= 15 is 0 Å². The molecule has 0 aromatic carbocycles. The van der Waals surface area contributed by atoms with E-state index < -0.39 is 5.60 Å². The second-order valence-corrected chi connectivity index (χ2v) is 5.44. The molecule has 0 aliphatic rings. The van der Waals surface area contributed by atoms with Crippen molar-refractivity contribution in [3.63, 3.8) is 0 Å². The van der Waals surface area contributed by atoms with Gasteiger partial charge >= 0.3 is 0 Å². The lowest BCUT2D eigenvalue weighted by atomic mass is 10.0. The molecule has 3 heteroatoms. The lowest BCUT2D eigenvalue weighted by Crippen LogP contribution is -2.29. The molecule has 0 rings (SSSR count). The minimum Gasteiger partial charge on any atom is -0.394 e. The molecule has 0 bridgehead atoms. The molecule has 0 aromatic heterocycles. The molecular formula is C17H33NO2. The Labute approximate surface area is 125 Å². The van der Waals surface area contributed by atoms with Crippen LogP contribution in [0.15, 0.2) is 0 Å². The molecule has 20 heavy (non-hydrogen) atoms. The van der Waals surface area contributed by atoms with E-state index in [1.807, 2.05) is 6.92 Å². The fourth-order valence-electron chi connectivity index (χ4n) is 1.87. The molecular weight excluding hydrogens is 250 g/mol. The smallest absolute Gasteiger partial charge is 0.125 e. The molecule has 0 aliphatic heterocycles. The van der Waals surface area contributed by atoms with E-state index in [2.05, 4.69) is 37.5 Å². The summed E-state index contributed by atoms with van der Waals surface area (Å²) in [6.45, 7) is 12.0. The zero-order valence-corrected chi connectivity index (χ0v) is 13.9. The molecule has 0 aliphatic carbocycles. The molecule has 1 N–H and O–H groups in total. The second-order valence-electron chi connectivity index (χ2n) is 5.44. The van der Waals surface area contributed by atoms with Crippen molar-refractivity contribution in [1.29, 1.82) is 0 Å². The van der Waals surface area contributed by atoms with Gasteiger partial charge in [0.25, 0.3) is 0 Å². The van der Waals surface area contributed by atoms with Crippen LogP contribution in [0, 0.1) is 11.8 Å². The van der Waals surface area contributed by atoms with Crippen LogP contribution in [0.1, 0.15) is 59.8 Å².